The number of nitrogens with zero attached hydrogens (tertiary/aromatic N) is 1. The van der Waals surface area contributed by atoms with Crippen molar-refractivity contribution >= 4 is 17.5 Å². The molecule has 0 atom stereocenters. The SMILES string of the molecule is CC(=O)C=CSc1n[nH]c(=O)[nH]c1=O. The zero-order valence-corrected chi connectivity index (χ0v) is 8.05. The third kappa shape index (κ3) is 3.02. The van der Waals surface area contributed by atoms with Gasteiger partial charge in [-0.25, -0.2) is 9.89 Å². The number of rotatable bonds is 3. The Morgan fingerprint density at radius 1 is 1.50 bits per heavy atom. The van der Waals surface area contributed by atoms with E-state index in [1.165, 1.54) is 18.4 Å². The van der Waals surface area contributed by atoms with E-state index in [9.17, 15) is 14.4 Å². The van der Waals surface area contributed by atoms with E-state index in [2.05, 4.69) is 10.2 Å². The monoisotopic (exact) mass is 213 g/mol. The van der Waals surface area contributed by atoms with Crippen LogP contribution in [0.3, 0.4) is 0 Å². The number of hydrogen-bond acceptors (Lipinski definition) is 5. The van der Waals surface area contributed by atoms with Crippen LogP contribution in [-0.4, -0.2) is 21.0 Å². The van der Waals surface area contributed by atoms with Crippen LogP contribution in [0.4, 0.5) is 0 Å². The smallest absolute Gasteiger partial charge is 0.295 e. The fourth-order valence-corrected chi connectivity index (χ4v) is 1.26. The lowest BCUT2D eigenvalue weighted by atomic mass is 10.5. The highest BCUT2D eigenvalue weighted by atomic mass is 32.2. The molecule has 2 N–H and O–H groups in total. The predicted octanol–water partition coefficient (Wildman–Crippen LogP) is -0.347. The van der Waals surface area contributed by atoms with Gasteiger partial charge >= 0.3 is 5.69 Å². The average Bonchev–Trinajstić information content (AvgIpc) is 2.08. The minimum Gasteiger partial charge on any atom is -0.295 e. The molecular weight excluding hydrogens is 206 g/mol. The summed E-state index contributed by atoms with van der Waals surface area (Å²) in [6.45, 7) is 1.39. The minimum atomic E-state index is -0.658. The van der Waals surface area contributed by atoms with Crippen molar-refractivity contribution in [3.05, 3.63) is 32.3 Å². The molecule has 1 rings (SSSR count). The van der Waals surface area contributed by atoms with Gasteiger partial charge in [0.25, 0.3) is 5.56 Å². The molecule has 1 aromatic heterocycles. The van der Waals surface area contributed by atoms with Crippen LogP contribution in [0.5, 0.6) is 0 Å². The molecule has 0 amide bonds. The van der Waals surface area contributed by atoms with Crippen molar-refractivity contribution in [2.75, 3.05) is 0 Å². The number of nitrogens with one attached hydrogen (secondary N) is 2. The third-order valence-corrected chi connectivity index (χ3v) is 1.93. The summed E-state index contributed by atoms with van der Waals surface area (Å²) >= 11 is 0.958. The first-order valence-corrected chi connectivity index (χ1v) is 4.50. The fraction of sp³-hybridized carbons (Fsp3) is 0.143. The van der Waals surface area contributed by atoms with Crippen LogP contribution in [0.15, 0.2) is 26.1 Å². The Kier molecular flexibility index (Phi) is 3.41. The van der Waals surface area contributed by atoms with Gasteiger partial charge in [-0.3, -0.25) is 14.6 Å². The van der Waals surface area contributed by atoms with E-state index in [-0.39, 0.29) is 10.8 Å². The molecule has 6 nitrogen and oxygen atoms in total. The van der Waals surface area contributed by atoms with Crippen molar-refractivity contribution in [1.82, 2.24) is 15.2 Å². The van der Waals surface area contributed by atoms with E-state index in [4.69, 9.17) is 0 Å². The Morgan fingerprint density at radius 2 is 2.21 bits per heavy atom. The van der Waals surface area contributed by atoms with Crippen molar-refractivity contribution in [3.63, 3.8) is 0 Å². The quantitative estimate of drug-likeness (QED) is 0.528. The second-order valence-electron chi connectivity index (χ2n) is 2.34. The van der Waals surface area contributed by atoms with E-state index in [0.717, 1.165) is 11.8 Å². The van der Waals surface area contributed by atoms with E-state index >= 15 is 0 Å². The molecule has 0 aliphatic carbocycles. The van der Waals surface area contributed by atoms with Crippen LogP contribution in [0.2, 0.25) is 0 Å². The number of thioether (sulfide) groups is 1. The minimum absolute atomic E-state index is 0.0853. The van der Waals surface area contributed by atoms with Gasteiger partial charge in [0.15, 0.2) is 10.8 Å². The summed E-state index contributed by atoms with van der Waals surface area (Å²) in [5.74, 6) is -0.127. The molecule has 0 spiro atoms. The zero-order chi connectivity index (χ0) is 10.6. The first-order valence-electron chi connectivity index (χ1n) is 3.62. The molecule has 1 aromatic rings. The number of carbonyl (C=O) groups is 1. The molecule has 0 aliphatic heterocycles. The summed E-state index contributed by atoms with van der Waals surface area (Å²) in [5, 5.41) is 7.09. The number of aromatic amines is 2. The maximum Gasteiger partial charge on any atom is 0.342 e. The molecule has 0 saturated heterocycles. The number of ketones is 1. The zero-order valence-electron chi connectivity index (χ0n) is 7.23. The second-order valence-corrected chi connectivity index (χ2v) is 3.24. The summed E-state index contributed by atoms with van der Waals surface area (Å²) in [4.78, 5) is 34.1. The summed E-state index contributed by atoms with van der Waals surface area (Å²) in [7, 11) is 0. The Balaban J connectivity index is 2.83. The molecule has 1 heterocycles. The normalized spacial score (nSPS) is 10.6. The molecule has 0 aromatic carbocycles. The van der Waals surface area contributed by atoms with E-state index < -0.39 is 11.2 Å². The summed E-state index contributed by atoms with van der Waals surface area (Å²) in [6.07, 6.45) is 1.30. The maximum absolute atomic E-state index is 11.0. The lowest BCUT2D eigenvalue weighted by Crippen LogP contribution is -2.24. The fourth-order valence-electron chi connectivity index (χ4n) is 0.611. The van der Waals surface area contributed by atoms with Gasteiger partial charge in [-0.05, 0) is 18.4 Å². The molecule has 14 heavy (non-hydrogen) atoms. The molecule has 0 fully saturated rings. The summed E-state index contributed by atoms with van der Waals surface area (Å²) < 4.78 is 0. The Bertz CT molecular complexity index is 474. The topological polar surface area (TPSA) is 95.7 Å². The Labute approximate surface area is 82.4 Å². The van der Waals surface area contributed by atoms with E-state index in [0.29, 0.717) is 0 Å². The summed E-state index contributed by atoms with van der Waals surface area (Å²) in [5.41, 5.74) is -1.23. The van der Waals surface area contributed by atoms with Gasteiger partial charge in [-0.15, -0.1) is 0 Å². The number of carbonyl (C=O) groups excluding carboxylic acids is 1. The Hall–Kier alpha value is -1.63. The third-order valence-electron chi connectivity index (χ3n) is 1.16. The second kappa shape index (κ2) is 4.56. The molecule has 0 radical (unpaired) electrons. The highest BCUT2D eigenvalue weighted by Gasteiger charge is 1.99. The van der Waals surface area contributed by atoms with Crippen LogP contribution in [-0.2, 0) is 4.79 Å². The van der Waals surface area contributed by atoms with Crippen molar-refractivity contribution in [3.8, 4) is 0 Å². The molecule has 7 heteroatoms. The standard InChI is InChI=1S/C7H7N3O3S/c1-4(11)2-3-14-6-5(12)8-7(13)10-9-6/h2-3H,1H3,(H2,8,10,12,13). The highest BCUT2D eigenvalue weighted by molar-refractivity contribution is 8.02. The number of aromatic nitrogens is 3. The molecule has 0 bridgehead atoms. The highest BCUT2D eigenvalue weighted by Crippen LogP contribution is 2.09. The number of H-pyrrole nitrogens is 2. The van der Waals surface area contributed by atoms with Crippen LogP contribution in [0.1, 0.15) is 6.92 Å². The largest absolute Gasteiger partial charge is 0.342 e. The Morgan fingerprint density at radius 3 is 2.79 bits per heavy atom. The number of hydrogen-bond donors (Lipinski definition) is 2. The molecular formula is C7H7N3O3S. The average molecular weight is 213 g/mol. The van der Waals surface area contributed by atoms with Crippen molar-refractivity contribution in [2.24, 2.45) is 0 Å². The van der Waals surface area contributed by atoms with Crippen molar-refractivity contribution < 1.29 is 4.79 Å². The van der Waals surface area contributed by atoms with Gasteiger partial charge in [0.2, 0.25) is 0 Å². The van der Waals surface area contributed by atoms with Crippen molar-refractivity contribution in [1.29, 1.82) is 0 Å². The van der Waals surface area contributed by atoms with Crippen LogP contribution in [0, 0.1) is 0 Å². The first kappa shape index (κ1) is 10.5. The van der Waals surface area contributed by atoms with E-state index in [1.807, 2.05) is 4.98 Å². The van der Waals surface area contributed by atoms with Gasteiger partial charge in [-0.1, -0.05) is 11.8 Å². The van der Waals surface area contributed by atoms with Gasteiger partial charge < -0.3 is 0 Å². The summed E-state index contributed by atoms with van der Waals surface area (Å²) in [6, 6.07) is 0. The predicted molar refractivity (Wildman–Crippen MR) is 51.2 cm³/mol. The van der Waals surface area contributed by atoms with Crippen LogP contribution < -0.4 is 11.2 Å². The van der Waals surface area contributed by atoms with Gasteiger partial charge in [-0.2, -0.15) is 5.10 Å². The molecule has 0 saturated carbocycles. The van der Waals surface area contributed by atoms with E-state index in [1.54, 1.807) is 0 Å². The lowest BCUT2D eigenvalue weighted by Gasteiger charge is -1.90. The maximum atomic E-state index is 11.0. The lowest BCUT2D eigenvalue weighted by molar-refractivity contribution is -0.112. The first-order chi connectivity index (χ1) is 6.59. The molecule has 0 aliphatic rings. The van der Waals surface area contributed by atoms with Crippen LogP contribution >= 0.6 is 11.8 Å². The molecule has 0 unspecified atom stereocenters. The number of allylic oxidation sites excluding steroid dienone is 1. The van der Waals surface area contributed by atoms with Crippen LogP contribution in [0.25, 0.3) is 0 Å². The van der Waals surface area contributed by atoms with Gasteiger partial charge in [0.05, 0.1) is 0 Å². The van der Waals surface area contributed by atoms with Gasteiger partial charge in [0, 0.05) is 0 Å². The van der Waals surface area contributed by atoms with Crippen molar-refractivity contribution in [2.45, 2.75) is 11.9 Å². The van der Waals surface area contributed by atoms with Gasteiger partial charge in [0.1, 0.15) is 0 Å². The molecule has 74 valence electrons.